The van der Waals surface area contributed by atoms with Crippen molar-refractivity contribution < 1.29 is 27.6 Å². The van der Waals surface area contributed by atoms with E-state index < -0.39 is 30.8 Å². The Balaban J connectivity index is 3.79. The van der Waals surface area contributed by atoms with E-state index in [0.29, 0.717) is 0 Å². The zero-order valence-electron chi connectivity index (χ0n) is 7.72. The van der Waals surface area contributed by atoms with E-state index in [9.17, 15) is 22.8 Å². The van der Waals surface area contributed by atoms with E-state index in [-0.39, 0.29) is 0 Å². The molecule has 0 heterocycles. The van der Waals surface area contributed by atoms with Crippen LogP contribution in [0.5, 0.6) is 0 Å². The highest BCUT2D eigenvalue weighted by atomic mass is 19.4. The maximum Gasteiger partial charge on any atom is 0.413 e. The number of rotatable bonds is 4. The highest BCUT2D eigenvalue weighted by Gasteiger charge is 2.28. The van der Waals surface area contributed by atoms with Gasteiger partial charge < -0.3 is 5.73 Å². The van der Waals surface area contributed by atoms with Gasteiger partial charge in [-0.15, -0.1) is 0 Å². The molecule has 0 aromatic carbocycles. The van der Waals surface area contributed by atoms with Crippen LogP contribution in [0.15, 0.2) is 0 Å². The maximum atomic E-state index is 11.6. The topological polar surface area (TPSA) is 93.4 Å². The number of nitrogens with one attached hydrogen (secondary N) is 2. The van der Waals surface area contributed by atoms with Crippen LogP contribution in [0.1, 0.15) is 6.92 Å². The van der Waals surface area contributed by atoms with Gasteiger partial charge in [0.25, 0.3) is 0 Å². The fourth-order valence-corrected chi connectivity index (χ4v) is 0.532. The molecule has 6 nitrogen and oxygen atoms in total. The van der Waals surface area contributed by atoms with Crippen molar-refractivity contribution in [1.82, 2.24) is 10.8 Å². The minimum Gasteiger partial charge on any atom is -0.351 e. The Morgan fingerprint density at radius 3 is 2.40 bits per heavy atom. The van der Waals surface area contributed by atoms with Gasteiger partial charge in [0, 0.05) is 0 Å². The zero-order valence-corrected chi connectivity index (χ0v) is 7.72. The molecule has 4 N–H and O–H groups in total. The first-order valence-corrected chi connectivity index (χ1v) is 3.76. The second-order valence-corrected chi connectivity index (χ2v) is 2.60. The lowest BCUT2D eigenvalue weighted by Gasteiger charge is -2.13. The van der Waals surface area contributed by atoms with Crippen molar-refractivity contribution in [3.63, 3.8) is 0 Å². The summed E-state index contributed by atoms with van der Waals surface area (Å²) in [7, 11) is 0. The number of primary amides is 1. The summed E-state index contributed by atoms with van der Waals surface area (Å²) in [6.07, 6.45) is -4.49. The second kappa shape index (κ2) is 5.51. The third-order valence-electron chi connectivity index (χ3n) is 1.14. The smallest absolute Gasteiger partial charge is 0.351 e. The molecule has 0 aliphatic heterocycles. The van der Waals surface area contributed by atoms with E-state index in [1.165, 1.54) is 6.92 Å². The van der Waals surface area contributed by atoms with Crippen molar-refractivity contribution in [2.24, 2.45) is 5.73 Å². The molecule has 0 radical (unpaired) electrons. The van der Waals surface area contributed by atoms with Crippen molar-refractivity contribution in [1.29, 1.82) is 0 Å². The zero-order chi connectivity index (χ0) is 12.1. The van der Waals surface area contributed by atoms with Gasteiger partial charge in [0.2, 0.25) is 5.91 Å². The Morgan fingerprint density at radius 2 is 2.00 bits per heavy atom. The number of hydrogen-bond acceptors (Lipinski definition) is 4. The van der Waals surface area contributed by atoms with Gasteiger partial charge in [-0.3, -0.25) is 14.9 Å². The summed E-state index contributed by atoms with van der Waals surface area (Å²) in [5.41, 5.74) is 6.41. The maximum absolute atomic E-state index is 11.6. The number of nitrogens with two attached hydrogens (primary N) is 1. The van der Waals surface area contributed by atoms with Crippen LogP contribution < -0.4 is 16.5 Å². The molecule has 9 heteroatoms. The van der Waals surface area contributed by atoms with Gasteiger partial charge in [-0.2, -0.15) is 18.7 Å². The Bertz CT molecular complexity index is 244. The van der Waals surface area contributed by atoms with Gasteiger partial charge in [-0.1, -0.05) is 0 Å². The van der Waals surface area contributed by atoms with Crippen LogP contribution in [0.4, 0.5) is 18.0 Å². The lowest BCUT2D eigenvalue weighted by molar-refractivity contribution is -0.193. The highest BCUT2D eigenvalue weighted by molar-refractivity contribution is 5.95. The normalized spacial score (nSPS) is 13.3. The van der Waals surface area contributed by atoms with Crippen LogP contribution in [0, 0.1) is 0 Å². The monoisotopic (exact) mass is 229 g/mol. The first-order valence-electron chi connectivity index (χ1n) is 3.76. The minimum atomic E-state index is -4.49. The van der Waals surface area contributed by atoms with Crippen molar-refractivity contribution in [3.8, 4) is 0 Å². The molecule has 0 spiro atoms. The first kappa shape index (κ1) is 13.7. The van der Waals surface area contributed by atoms with Gasteiger partial charge in [0.05, 0.1) is 0 Å². The number of hydrogen-bond donors (Lipinski definition) is 3. The fraction of sp³-hybridized carbons (Fsp3) is 0.667. The van der Waals surface area contributed by atoms with Crippen LogP contribution in [0.25, 0.3) is 0 Å². The first-order chi connectivity index (χ1) is 6.72. The number of hydroxylamine groups is 1. The summed E-state index contributed by atoms with van der Waals surface area (Å²) in [5, 5.41) is 1.67. The summed E-state index contributed by atoms with van der Waals surface area (Å²) >= 11 is 0. The molecule has 15 heavy (non-hydrogen) atoms. The minimum absolute atomic E-state index is 0.885. The molecule has 0 aliphatic rings. The van der Waals surface area contributed by atoms with Crippen LogP contribution in [0.3, 0.4) is 0 Å². The molecule has 0 saturated carbocycles. The molecule has 0 aliphatic carbocycles. The lowest BCUT2D eigenvalue weighted by Crippen LogP contribution is -2.47. The molecule has 3 amide bonds. The number of carbonyl (C=O) groups is 2. The molecular formula is C6H10F3N3O3. The fourth-order valence-electron chi connectivity index (χ4n) is 0.532. The molecule has 0 aromatic heterocycles. The van der Waals surface area contributed by atoms with Crippen LogP contribution >= 0.6 is 0 Å². The number of halogens is 3. The average molecular weight is 229 g/mol. The predicted octanol–water partition coefficient (Wildman–Crippen LogP) is -0.347. The van der Waals surface area contributed by atoms with Crippen LogP contribution in [-0.4, -0.2) is 30.8 Å². The van der Waals surface area contributed by atoms with Gasteiger partial charge in [-0.25, -0.2) is 4.79 Å². The second-order valence-electron chi connectivity index (χ2n) is 2.60. The SMILES string of the molecule is CC(NOCC(F)(F)F)C(=O)NC(N)=O. The number of imide groups is 1. The predicted molar refractivity (Wildman–Crippen MR) is 42.3 cm³/mol. The Hall–Kier alpha value is -1.35. The van der Waals surface area contributed by atoms with Gasteiger partial charge in [0.15, 0.2) is 6.61 Å². The third kappa shape index (κ3) is 7.70. The Morgan fingerprint density at radius 1 is 1.47 bits per heavy atom. The Kier molecular flexibility index (Phi) is 5.02. The lowest BCUT2D eigenvalue weighted by atomic mass is 10.3. The number of urea groups is 1. The summed E-state index contributed by atoms with van der Waals surface area (Å²) in [6.45, 7) is -0.337. The molecular weight excluding hydrogens is 219 g/mol. The quantitative estimate of drug-likeness (QED) is 0.574. The molecule has 0 saturated heterocycles. The summed E-state index contributed by atoms with van der Waals surface area (Å²) in [6, 6.07) is -2.22. The standard InChI is InChI=1S/C6H10F3N3O3/c1-3(4(13)11-5(10)14)12-15-2-6(7,8)9/h3,12H,2H2,1H3,(H3,10,11,13,14). The number of alkyl halides is 3. The summed E-state index contributed by atoms with van der Waals surface area (Å²) in [5.74, 6) is -0.885. The highest BCUT2D eigenvalue weighted by Crippen LogP contribution is 2.13. The van der Waals surface area contributed by atoms with Crippen LogP contribution in [0.2, 0.25) is 0 Å². The number of amides is 3. The molecule has 0 fully saturated rings. The van der Waals surface area contributed by atoms with E-state index in [2.05, 4.69) is 10.6 Å². The Labute approximate surface area is 82.9 Å². The van der Waals surface area contributed by atoms with E-state index >= 15 is 0 Å². The molecule has 0 rings (SSSR count). The molecule has 1 atom stereocenters. The van der Waals surface area contributed by atoms with Crippen LogP contribution in [-0.2, 0) is 9.63 Å². The molecule has 1 unspecified atom stereocenters. The van der Waals surface area contributed by atoms with Gasteiger partial charge in [0.1, 0.15) is 6.04 Å². The van der Waals surface area contributed by atoms with Crippen molar-refractivity contribution in [2.45, 2.75) is 19.1 Å². The van der Waals surface area contributed by atoms with E-state index in [0.717, 1.165) is 0 Å². The molecule has 0 bridgehead atoms. The summed E-state index contributed by atoms with van der Waals surface area (Å²) in [4.78, 5) is 25.0. The van der Waals surface area contributed by atoms with Gasteiger partial charge >= 0.3 is 12.2 Å². The third-order valence-corrected chi connectivity index (χ3v) is 1.14. The largest absolute Gasteiger partial charge is 0.413 e. The van der Waals surface area contributed by atoms with Crippen molar-refractivity contribution in [3.05, 3.63) is 0 Å². The van der Waals surface area contributed by atoms with Crippen molar-refractivity contribution >= 4 is 11.9 Å². The summed E-state index contributed by atoms with van der Waals surface area (Å²) < 4.78 is 34.7. The van der Waals surface area contributed by atoms with Crippen molar-refractivity contribution in [2.75, 3.05) is 6.61 Å². The van der Waals surface area contributed by atoms with E-state index in [1.807, 2.05) is 0 Å². The number of carbonyl (C=O) groups excluding carboxylic acids is 2. The molecule has 0 aromatic rings. The van der Waals surface area contributed by atoms with E-state index in [4.69, 9.17) is 0 Å². The van der Waals surface area contributed by atoms with Gasteiger partial charge in [-0.05, 0) is 6.92 Å². The molecule has 88 valence electrons. The average Bonchev–Trinajstić information content (AvgIpc) is 2.00. The van der Waals surface area contributed by atoms with E-state index in [1.54, 1.807) is 10.8 Å².